The lowest BCUT2D eigenvalue weighted by molar-refractivity contribution is 1.36. The summed E-state index contributed by atoms with van der Waals surface area (Å²) in [7, 11) is 0. The number of hydrogen-bond donors (Lipinski definition) is 0. The molecule has 0 bridgehead atoms. The average molecular weight is 360 g/mol. The first-order valence-electron chi connectivity index (χ1n) is 4.81. The summed E-state index contributed by atoms with van der Waals surface area (Å²) in [5, 5.41) is 0. The van der Waals surface area contributed by atoms with E-state index < -0.39 is 0 Å². The molecule has 0 aliphatic heterocycles. The monoisotopic (exact) mass is 358 g/mol. The summed E-state index contributed by atoms with van der Waals surface area (Å²) in [5.41, 5.74) is 3.47. The molecule has 0 fully saturated rings. The van der Waals surface area contributed by atoms with Crippen LogP contribution in [-0.4, -0.2) is 0 Å². The zero-order valence-corrected chi connectivity index (χ0v) is 12.3. The summed E-state index contributed by atoms with van der Waals surface area (Å²) >= 11 is 13.0. The Morgan fingerprint density at radius 3 is 2.44 bits per heavy atom. The van der Waals surface area contributed by atoms with Gasteiger partial charge in [0.1, 0.15) is 0 Å². The summed E-state index contributed by atoms with van der Waals surface area (Å²) in [6, 6.07) is 14.3. The molecule has 0 unspecified atom stereocenters. The molecule has 0 amide bonds. The molecule has 2 aromatic rings. The van der Waals surface area contributed by atoms with E-state index in [1.807, 2.05) is 24.3 Å². The molecular weight excluding hydrogens is 351 g/mol. The van der Waals surface area contributed by atoms with Crippen LogP contribution in [-0.2, 0) is 5.88 Å². The predicted molar refractivity (Wildman–Crippen MR) is 76.8 cm³/mol. The van der Waals surface area contributed by atoms with Gasteiger partial charge in [0.2, 0.25) is 0 Å². The van der Waals surface area contributed by atoms with Crippen molar-refractivity contribution in [3.63, 3.8) is 0 Å². The van der Waals surface area contributed by atoms with Crippen LogP contribution in [0.4, 0.5) is 0 Å². The Labute approximate surface area is 117 Å². The second kappa shape index (κ2) is 5.35. The molecular formula is C13H9Br2Cl. The SMILES string of the molecule is ClCc1c(Br)cccc1-c1cccc(Br)c1. The molecule has 2 rings (SSSR count). The highest BCUT2D eigenvalue weighted by molar-refractivity contribution is 9.10. The number of alkyl halides is 1. The van der Waals surface area contributed by atoms with Gasteiger partial charge in [-0.25, -0.2) is 0 Å². The normalized spacial score (nSPS) is 10.4. The van der Waals surface area contributed by atoms with E-state index >= 15 is 0 Å². The zero-order chi connectivity index (χ0) is 11.5. The Bertz CT molecular complexity index is 509. The van der Waals surface area contributed by atoms with E-state index in [4.69, 9.17) is 11.6 Å². The molecule has 0 N–H and O–H groups in total. The van der Waals surface area contributed by atoms with Gasteiger partial charge in [-0.2, -0.15) is 0 Å². The lowest BCUT2D eigenvalue weighted by Gasteiger charge is -2.09. The molecule has 0 aliphatic rings. The second-order valence-corrected chi connectivity index (χ2v) is 5.45. The highest BCUT2D eigenvalue weighted by atomic mass is 79.9. The lowest BCUT2D eigenvalue weighted by atomic mass is 10.0. The van der Waals surface area contributed by atoms with Crippen LogP contribution in [0.1, 0.15) is 5.56 Å². The van der Waals surface area contributed by atoms with Crippen molar-refractivity contribution in [2.75, 3.05) is 0 Å². The van der Waals surface area contributed by atoms with Crippen LogP contribution in [0.15, 0.2) is 51.4 Å². The number of hydrogen-bond acceptors (Lipinski definition) is 0. The van der Waals surface area contributed by atoms with Gasteiger partial charge in [0.25, 0.3) is 0 Å². The summed E-state index contributed by atoms with van der Waals surface area (Å²) in [6.07, 6.45) is 0. The van der Waals surface area contributed by atoms with Gasteiger partial charge in [-0.15, -0.1) is 11.6 Å². The number of benzene rings is 2. The second-order valence-electron chi connectivity index (χ2n) is 3.41. The maximum atomic E-state index is 5.99. The fraction of sp³-hybridized carbons (Fsp3) is 0.0769. The van der Waals surface area contributed by atoms with E-state index in [1.54, 1.807) is 0 Å². The molecule has 16 heavy (non-hydrogen) atoms. The average Bonchev–Trinajstić information content (AvgIpc) is 2.28. The number of halogens is 3. The summed E-state index contributed by atoms with van der Waals surface area (Å²) in [5.74, 6) is 0.503. The third-order valence-corrected chi connectivity index (χ3v) is 3.89. The fourth-order valence-electron chi connectivity index (χ4n) is 1.62. The van der Waals surface area contributed by atoms with Crippen molar-refractivity contribution in [2.45, 2.75) is 5.88 Å². The molecule has 82 valence electrons. The van der Waals surface area contributed by atoms with Crippen molar-refractivity contribution >= 4 is 43.5 Å². The molecule has 0 heterocycles. The first-order chi connectivity index (χ1) is 7.72. The smallest absolute Gasteiger partial charge is 0.0491 e. The maximum absolute atomic E-state index is 5.99. The molecule has 0 saturated carbocycles. The van der Waals surface area contributed by atoms with Crippen LogP contribution in [0.5, 0.6) is 0 Å². The Balaban J connectivity index is 2.60. The van der Waals surface area contributed by atoms with Crippen LogP contribution in [0.2, 0.25) is 0 Å². The summed E-state index contributed by atoms with van der Waals surface area (Å²) in [6.45, 7) is 0. The van der Waals surface area contributed by atoms with Gasteiger partial charge < -0.3 is 0 Å². The van der Waals surface area contributed by atoms with Gasteiger partial charge in [-0.1, -0.05) is 56.1 Å². The van der Waals surface area contributed by atoms with Crippen LogP contribution >= 0.6 is 43.5 Å². The van der Waals surface area contributed by atoms with Gasteiger partial charge >= 0.3 is 0 Å². The van der Waals surface area contributed by atoms with Crippen molar-refractivity contribution in [1.29, 1.82) is 0 Å². The van der Waals surface area contributed by atoms with E-state index in [0.29, 0.717) is 5.88 Å². The van der Waals surface area contributed by atoms with Crippen molar-refractivity contribution in [1.82, 2.24) is 0 Å². The Morgan fingerprint density at radius 2 is 1.75 bits per heavy atom. The highest BCUT2D eigenvalue weighted by Crippen LogP contribution is 2.31. The predicted octanol–water partition coefficient (Wildman–Crippen LogP) is 5.62. The zero-order valence-electron chi connectivity index (χ0n) is 8.38. The first kappa shape index (κ1) is 12.2. The minimum atomic E-state index is 0.503. The highest BCUT2D eigenvalue weighted by Gasteiger charge is 2.07. The van der Waals surface area contributed by atoms with E-state index in [1.165, 1.54) is 11.1 Å². The van der Waals surface area contributed by atoms with Gasteiger partial charge in [0.15, 0.2) is 0 Å². The molecule has 0 nitrogen and oxygen atoms in total. The van der Waals surface area contributed by atoms with E-state index in [9.17, 15) is 0 Å². The molecule has 3 heteroatoms. The maximum Gasteiger partial charge on any atom is 0.0491 e. The third-order valence-electron chi connectivity index (χ3n) is 2.39. The van der Waals surface area contributed by atoms with Crippen molar-refractivity contribution in [3.8, 4) is 11.1 Å². The molecule has 0 aromatic heterocycles. The van der Waals surface area contributed by atoms with Crippen molar-refractivity contribution in [3.05, 3.63) is 57.0 Å². The third kappa shape index (κ3) is 2.50. The largest absolute Gasteiger partial charge is 0.121 e. The Morgan fingerprint density at radius 1 is 1.00 bits per heavy atom. The Kier molecular flexibility index (Phi) is 4.06. The van der Waals surface area contributed by atoms with Crippen molar-refractivity contribution < 1.29 is 0 Å². The molecule has 0 aliphatic carbocycles. The van der Waals surface area contributed by atoms with Gasteiger partial charge in [0.05, 0.1) is 0 Å². The lowest BCUT2D eigenvalue weighted by Crippen LogP contribution is -1.87. The summed E-state index contributed by atoms with van der Waals surface area (Å²) < 4.78 is 2.13. The van der Waals surface area contributed by atoms with E-state index in [0.717, 1.165) is 14.5 Å². The topological polar surface area (TPSA) is 0 Å². The standard InChI is InChI=1S/C13H9Br2Cl/c14-10-4-1-3-9(7-10)11-5-2-6-13(15)12(11)8-16/h1-7H,8H2. The Hall–Kier alpha value is -0.310. The van der Waals surface area contributed by atoms with Crippen molar-refractivity contribution in [2.24, 2.45) is 0 Å². The molecule has 0 saturated heterocycles. The first-order valence-corrected chi connectivity index (χ1v) is 6.93. The van der Waals surface area contributed by atoms with Crippen LogP contribution in [0.3, 0.4) is 0 Å². The molecule has 0 atom stereocenters. The van der Waals surface area contributed by atoms with Gasteiger partial charge in [-0.3, -0.25) is 0 Å². The minimum absolute atomic E-state index is 0.503. The number of rotatable bonds is 2. The molecule has 0 spiro atoms. The van der Waals surface area contributed by atoms with Crippen LogP contribution in [0, 0.1) is 0 Å². The molecule has 0 radical (unpaired) electrons. The van der Waals surface area contributed by atoms with E-state index in [2.05, 4.69) is 50.1 Å². The minimum Gasteiger partial charge on any atom is -0.121 e. The molecule has 2 aromatic carbocycles. The van der Waals surface area contributed by atoms with E-state index in [-0.39, 0.29) is 0 Å². The van der Waals surface area contributed by atoms with Crippen LogP contribution in [0.25, 0.3) is 11.1 Å². The quantitative estimate of drug-likeness (QED) is 0.610. The fourth-order valence-corrected chi connectivity index (χ4v) is 2.98. The van der Waals surface area contributed by atoms with Gasteiger partial charge in [0, 0.05) is 14.8 Å². The summed E-state index contributed by atoms with van der Waals surface area (Å²) in [4.78, 5) is 0. The van der Waals surface area contributed by atoms with Crippen LogP contribution < -0.4 is 0 Å². The van der Waals surface area contributed by atoms with Gasteiger partial charge in [-0.05, 0) is 34.9 Å².